The number of piperidine rings is 1. The maximum absolute atomic E-state index is 13.3. The summed E-state index contributed by atoms with van der Waals surface area (Å²) in [5.41, 5.74) is 2.61. The molecule has 0 bridgehead atoms. The second-order valence-electron chi connectivity index (χ2n) is 5.90. The molecule has 5 nitrogen and oxygen atoms in total. The molecule has 1 aliphatic rings. The lowest BCUT2D eigenvalue weighted by atomic mass is 10.1. The second kappa shape index (κ2) is 5.62. The van der Waals surface area contributed by atoms with Crippen molar-refractivity contribution in [3.05, 3.63) is 42.5 Å². The molecule has 6 heteroatoms. The number of rotatable bonds is 2. The van der Waals surface area contributed by atoms with E-state index in [4.69, 9.17) is 0 Å². The van der Waals surface area contributed by atoms with Crippen molar-refractivity contribution < 1.29 is 9.50 Å². The number of benzene rings is 1. The van der Waals surface area contributed by atoms with Crippen LogP contribution in [0.3, 0.4) is 0 Å². The molecule has 1 saturated heterocycles. The van der Waals surface area contributed by atoms with Crippen LogP contribution in [-0.4, -0.2) is 39.3 Å². The van der Waals surface area contributed by atoms with E-state index in [1.54, 1.807) is 18.5 Å². The number of aromatic nitrogens is 3. The molecule has 23 heavy (non-hydrogen) atoms. The highest BCUT2D eigenvalue weighted by atomic mass is 19.1. The lowest BCUT2D eigenvalue weighted by Crippen LogP contribution is -2.36. The molecule has 0 radical (unpaired) electrons. The van der Waals surface area contributed by atoms with E-state index in [0.29, 0.717) is 5.95 Å². The molecule has 4 rings (SSSR count). The van der Waals surface area contributed by atoms with Crippen LogP contribution in [0.2, 0.25) is 0 Å². The standard InChI is InChI=1S/C17H17FN4O/c18-13-1-2-15-11(7-13)8-16(21-15)12-9-19-17(20-10-12)22-5-3-14(23)4-6-22/h1-2,7-10,14,21,23H,3-6H2. The van der Waals surface area contributed by atoms with Gasteiger partial charge in [0, 0.05) is 47.6 Å². The van der Waals surface area contributed by atoms with Crippen LogP contribution in [0.1, 0.15) is 12.8 Å². The van der Waals surface area contributed by atoms with Crippen molar-refractivity contribution in [2.75, 3.05) is 18.0 Å². The molecule has 118 valence electrons. The first-order valence-electron chi connectivity index (χ1n) is 7.73. The molecule has 1 aromatic carbocycles. The number of aromatic amines is 1. The van der Waals surface area contributed by atoms with Gasteiger partial charge in [0.15, 0.2) is 0 Å². The average Bonchev–Trinajstić information content (AvgIpc) is 2.99. The van der Waals surface area contributed by atoms with E-state index in [0.717, 1.165) is 48.1 Å². The van der Waals surface area contributed by atoms with Gasteiger partial charge in [0.1, 0.15) is 5.82 Å². The van der Waals surface area contributed by atoms with Gasteiger partial charge in [0.05, 0.1) is 6.10 Å². The van der Waals surface area contributed by atoms with Crippen molar-refractivity contribution in [1.82, 2.24) is 15.0 Å². The average molecular weight is 312 g/mol. The molecule has 0 aliphatic carbocycles. The van der Waals surface area contributed by atoms with Crippen molar-refractivity contribution in [1.29, 1.82) is 0 Å². The first-order valence-corrected chi connectivity index (χ1v) is 7.73. The van der Waals surface area contributed by atoms with E-state index in [-0.39, 0.29) is 11.9 Å². The molecule has 3 heterocycles. The zero-order chi connectivity index (χ0) is 15.8. The summed E-state index contributed by atoms with van der Waals surface area (Å²) >= 11 is 0. The van der Waals surface area contributed by atoms with Crippen molar-refractivity contribution in [3.63, 3.8) is 0 Å². The predicted octanol–water partition coefficient (Wildman–Crippen LogP) is 2.73. The van der Waals surface area contributed by atoms with E-state index < -0.39 is 0 Å². The summed E-state index contributed by atoms with van der Waals surface area (Å²) < 4.78 is 13.3. The van der Waals surface area contributed by atoms with Crippen LogP contribution < -0.4 is 4.90 Å². The molecule has 2 aromatic heterocycles. The van der Waals surface area contributed by atoms with Crippen LogP contribution in [-0.2, 0) is 0 Å². The summed E-state index contributed by atoms with van der Waals surface area (Å²) in [6.07, 6.45) is 4.83. The molecule has 0 spiro atoms. The molecule has 1 fully saturated rings. The number of nitrogens with zero attached hydrogens (tertiary/aromatic N) is 3. The lowest BCUT2D eigenvalue weighted by Gasteiger charge is -2.29. The number of aliphatic hydroxyl groups is 1. The minimum atomic E-state index is -0.248. The molecule has 3 aromatic rings. The molecular formula is C17H17FN4O. The Kier molecular flexibility index (Phi) is 3.46. The number of H-pyrrole nitrogens is 1. The fourth-order valence-electron chi connectivity index (χ4n) is 2.95. The summed E-state index contributed by atoms with van der Waals surface area (Å²) in [7, 11) is 0. The van der Waals surface area contributed by atoms with E-state index in [9.17, 15) is 9.50 Å². The molecule has 1 aliphatic heterocycles. The lowest BCUT2D eigenvalue weighted by molar-refractivity contribution is 0.145. The minimum absolute atomic E-state index is 0.211. The Morgan fingerprint density at radius 1 is 1.13 bits per heavy atom. The van der Waals surface area contributed by atoms with Gasteiger partial charge in [-0.05, 0) is 37.1 Å². The zero-order valence-corrected chi connectivity index (χ0v) is 12.5. The highest BCUT2D eigenvalue weighted by molar-refractivity contribution is 5.85. The van der Waals surface area contributed by atoms with Gasteiger partial charge in [0.2, 0.25) is 5.95 Å². The van der Waals surface area contributed by atoms with Crippen molar-refractivity contribution in [2.24, 2.45) is 0 Å². The number of fused-ring (bicyclic) bond motifs is 1. The Balaban J connectivity index is 1.59. The van der Waals surface area contributed by atoms with E-state index in [2.05, 4.69) is 19.9 Å². The first-order chi connectivity index (χ1) is 11.2. The van der Waals surface area contributed by atoms with Gasteiger partial charge < -0.3 is 15.0 Å². The maximum atomic E-state index is 13.3. The van der Waals surface area contributed by atoms with Gasteiger partial charge >= 0.3 is 0 Å². The van der Waals surface area contributed by atoms with E-state index in [1.165, 1.54) is 12.1 Å². The summed E-state index contributed by atoms with van der Waals surface area (Å²) in [6.45, 7) is 1.54. The highest BCUT2D eigenvalue weighted by Gasteiger charge is 2.19. The van der Waals surface area contributed by atoms with Gasteiger partial charge in [0.25, 0.3) is 0 Å². The molecule has 0 amide bonds. The number of anilines is 1. The summed E-state index contributed by atoms with van der Waals surface area (Å²) in [5, 5.41) is 10.4. The van der Waals surface area contributed by atoms with Crippen molar-refractivity contribution in [2.45, 2.75) is 18.9 Å². The Hall–Kier alpha value is -2.47. The van der Waals surface area contributed by atoms with Gasteiger partial charge in [-0.3, -0.25) is 0 Å². The number of halogens is 1. The number of hydrogen-bond donors (Lipinski definition) is 2. The highest BCUT2D eigenvalue weighted by Crippen LogP contribution is 2.25. The van der Waals surface area contributed by atoms with E-state index in [1.807, 2.05) is 6.07 Å². The summed E-state index contributed by atoms with van der Waals surface area (Å²) in [5.74, 6) is 0.435. The fourth-order valence-corrected chi connectivity index (χ4v) is 2.95. The van der Waals surface area contributed by atoms with Crippen LogP contribution in [0, 0.1) is 5.82 Å². The quantitative estimate of drug-likeness (QED) is 0.763. The smallest absolute Gasteiger partial charge is 0.225 e. The Morgan fingerprint density at radius 2 is 1.87 bits per heavy atom. The molecule has 0 atom stereocenters. The maximum Gasteiger partial charge on any atom is 0.225 e. The first kappa shape index (κ1) is 14.1. The minimum Gasteiger partial charge on any atom is -0.393 e. The van der Waals surface area contributed by atoms with Crippen LogP contribution in [0.15, 0.2) is 36.7 Å². The normalized spacial score (nSPS) is 16.2. The number of nitrogens with one attached hydrogen (secondary N) is 1. The third-order valence-electron chi connectivity index (χ3n) is 4.28. The van der Waals surface area contributed by atoms with Crippen molar-refractivity contribution in [3.8, 4) is 11.3 Å². The SMILES string of the molecule is OC1CCN(c2ncc(-c3cc4cc(F)ccc4[nH]3)cn2)CC1. The number of hydrogen-bond acceptors (Lipinski definition) is 4. The molecular weight excluding hydrogens is 295 g/mol. The monoisotopic (exact) mass is 312 g/mol. The Bertz CT molecular complexity index is 822. The zero-order valence-electron chi connectivity index (χ0n) is 12.5. The largest absolute Gasteiger partial charge is 0.393 e. The Labute approximate surface area is 132 Å². The third-order valence-corrected chi connectivity index (χ3v) is 4.28. The van der Waals surface area contributed by atoms with Gasteiger partial charge in [-0.15, -0.1) is 0 Å². The van der Waals surface area contributed by atoms with E-state index >= 15 is 0 Å². The Morgan fingerprint density at radius 3 is 2.61 bits per heavy atom. The van der Waals surface area contributed by atoms with Gasteiger partial charge in [-0.2, -0.15) is 0 Å². The van der Waals surface area contributed by atoms with Gasteiger partial charge in [-0.25, -0.2) is 14.4 Å². The van der Waals surface area contributed by atoms with Crippen LogP contribution in [0.25, 0.3) is 22.2 Å². The number of aliphatic hydroxyl groups excluding tert-OH is 1. The van der Waals surface area contributed by atoms with Crippen LogP contribution in [0.5, 0.6) is 0 Å². The summed E-state index contributed by atoms with van der Waals surface area (Å²) in [4.78, 5) is 14.2. The van der Waals surface area contributed by atoms with Gasteiger partial charge in [-0.1, -0.05) is 0 Å². The topological polar surface area (TPSA) is 65.0 Å². The third kappa shape index (κ3) is 2.77. The van der Waals surface area contributed by atoms with Crippen LogP contribution in [0.4, 0.5) is 10.3 Å². The molecule has 2 N–H and O–H groups in total. The second-order valence-corrected chi connectivity index (χ2v) is 5.90. The van der Waals surface area contributed by atoms with Crippen molar-refractivity contribution >= 4 is 16.9 Å². The molecule has 0 saturated carbocycles. The molecule has 0 unspecified atom stereocenters. The fraction of sp³-hybridized carbons (Fsp3) is 0.294. The van der Waals surface area contributed by atoms with Crippen LogP contribution >= 0.6 is 0 Å². The predicted molar refractivity (Wildman–Crippen MR) is 86.7 cm³/mol. The summed E-state index contributed by atoms with van der Waals surface area (Å²) in [6, 6.07) is 6.56.